The van der Waals surface area contributed by atoms with Gasteiger partial charge in [0.05, 0.1) is 6.10 Å². The fraction of sp³-hybridized carbons (Fsp3) is 0.400. The Labute approximate surface area is 67.7 Å². The van der Waals surface area contributed by atoms with Gasteiger partial charge in [-0.2, -0.15) is 0 Å². The minimum Gasteiger partial charge on any atom is -0.388 e. The third-order valence-corrected chi connectivity index (χ3v) is 1.70. The van der Waals surface area contributed by atoms with E-state index in [1.54, 1.807) is 0 Å². The van der Waals surface area contributed by atoms with Crippen molar-refractivity contribution in [3.8, 4) is 0 Å². The summed E-state index contributed by atoms with van der Waals surface area (Å²) in [5.74, 6) is 0.269. The van der Waals surface area contributed by atoms with Crippen LogP contribution in [0.3, 0.4) is 0 Å². The summed E-state index contributed by atoms with van der Waals surface area (Å²) in [6.07, 6.45) is -0.354. The highest BCUT2D eigenvalue weighted by Gasteiger charge is 2.09. The fourth-order valence-electron chi connectivity index (χ4n) is 0.976. The lowest BCUT2D eigenvalue weighted by atomic mass is 10.00. The first-order valence-corrected chi connectivity index (χ1v) is 3.86. The topological polar surface area (TPSA) is 20.2 Å². The van der Waals surface area contributed by atoms with E-state index < -0.39 is 0 Å². The molecule has 1 nitrogen and oxygen atoms in total. The van der Waals surface area contributed by atoms with E-state index in [1.807, 2.05) is 38.1 Å². The molecule has 1 rings (SSSR count). The molecular formula is C10H13O. The summed E-state index contributed by atoms with van der Waals surface area (Å²) < 4.78 is 0. The van der Waals surface area contributed by atoms with Crippen LogP contribution in [0.2, 0.25) is 0 Å². The van der Waals surface area contributed by atoms with Gasteiger partial charge in [-0.15, -0.1) is 0 Å². The van der Waals surface area contributed by atoms with Gasteiger partial charge in [-0.25, -0.2) is 0 Å². The van der Waals surface area contributed by atoms with Crippen molar-refractivity contribution >= 4 is 0 Å². The molecule has 0 saturated carbocycles. The Morgan fingerprint density at radius 1 is 1.45 bits per heavy atom. The molecule has 0 heterocycles. The van der Waals surface area contributed by atoms with E-state index in [1.165, 1.54) is 0 Å². The molecule has 1 radical (unpaired) electrons. The second kappa shape index (κ2) is 3.54. The van der Waals surface area contributed by atoms with Crippen LogP contribution in [0.5, 0.6) is 0 Å². The maximum atomic E-state index is 9.58. The number of rotatable bonds is 2. The van der Waals surface area contributed by atoms with Crippen LogP contribution in [0.15, 0.2) is 24.3 Å². The van der Waals surface area contributed by atoms with Gasteiger partial charge in [-0.05, 0) is 23.6 Å². The highest BCUT2D eigenvalue weighted by molar-refractivity contribution is 5.16. The van der Waals surface area contributed by atoms with E-state index in [0.29, 0.717) is 0 Å². The molecule has 0 aliphatic rings. The van der Waals surface area contributed by atoms with Gasteiger partial charge in [0.25, 0.3) is 0 Å². The molecule has 0 saturated heterocycles. The van der Waals surface area contributed by atoms with E-state index in [-0.39, 0.29) is 12.0 Å². The van der Waals surface area contributed by atoms with Crippen molar-refractivity contribution in [3.05, 3.63) is 35.9 Å². The molecule has 0 bridgehead atoms. The van der Waals surface area contributed by atoms with E-state index in [4.69, 9.17) is 0 Å². The Bertz CT molecular complexity index is 203. The smallest absolute Gasteiger partial charge is 0.0813 e. The summed E-state index contributed by atoms with van der Waals surface area (Å²) in [4.78, 5) is 0. The summed E-state index contributed by atoms with van der Waals surface area (Å²) in [5, 5.41) is 9.58. The van der Waals surface area contributed by atoms with E-state index in [9.17, 15) is 5.11 Å². The molecule has 0 amide bonds. The normalized spacial score (nSPS) is 13.5. The predicted molar refractivity (Wildman–Crippen MR) is 45.1 cm³/mol. The van der Waals surface area contributed by atoms with E-state index in [2.05, 4.69) is 6.07 Å². The molecule has 1 aromatic carbocycles. The third kappa shape index (κ3) is 2.05. The number of hydrogen-bond donors (Lipinski definition) is 1. The second-order valence-electron chi connectivity index (χ2n) is 3.03. The molecule has 0 aliphatic carbocycles. The highest BCUT2D eigenvalue weighted by atomic mass is 16.3. The van der Waals surface area contributed by atoms with Gasteiger partial charge in [0.15, 0.2) is 0 Å². The molecule has 0 spiro atoms. The first-order valence-electron chi connectivity index (χ1n) is 3.86. The Morgan fingerprint density at radius 2 is 2.18 bits per heavy atom. The zero-order valence-corrected chi connectivity index (χ0v) is 6.91. The van der Waals surface area contributed by atoms with Crippen LogP contribution >= 0.6 is 0 Å². The minimum absolute atomic E-state index is 0.269. The average molecular weight is 149 g/mol. The van der Waals surface area contributed by atoms with E-state index in [0.717, 1.165) is 5.56 Å². The molecule has 1 heteroatoms. The van der Waals surface area contributed by atoms with Crippen molar-refractivity contribution in [2.75, 3.05) is 0 Å². The number of aliphatic hydroxyl groups is 1. The molecule has 0 aliphatic heterocycles. The third-order valence-electron chi connectivity index (χ3n) is 1.70. The van der Waals surface area contributed by atoms with Gasteiger partial charge in [0.1, 0.15) is 0 Å². The number of benzene rings is 1. The van der Waals surface area contributed by atoms with Gasteiger partial charge in [-0.3, -0.25) is 0 Å². The second-order valence-corrected chi connectivity index (χ2v) is 3.03. The fourth-order valence-corrected chi connectivity index (χ4v) is 0.976. The summed E-state index contributed by atoms with van der Waals surface area (Å²) in [7, 11) is 0. The Kier molecular flexibility index (Phi) is 2.66. The van der Waals surface area contributed by atoms with Crippen LogP contribution in [0.25, 0.3) is 0 Å². The number of aliphatic hydroxyl groups excluding tert-OH is 1. The van der Waals surface area contributed by atoms with Gasteiger partial charge < -0.3 is 5.11 Å². The molecule has 1 aromatic rings. The standard InChI is InChI=1S/C10H13O/c1-8(2)10(11)9-6-4-3-5-7-9/h3-4,6-8,10-11H,1-2H3. The first-order chi connectivity index (χ1) is 5.22. The maximum absolute atomic E-state index is 9.58. The lowest BCUT2D eigenvalue weighted by Gasteiger charge is -2.13. The summed E-state index contributed by atoms with van der Waals surface area (Å²) >= 11 is 0. The zero-order valence-electron chi connectivity index (χ0n) is 6.91. The van der Waals surface area contributed by atoms with Crippen LogP contribution < -0.4 is 0 Å². The van der Waals surface area contributed by atoms with Crippen molar-refractivity contribution in [2.45, 2.75) is 20.0 Å². The molecule has 1 unspecified atom stereocenters. The summed E-state index contributed by atoms with van der Waals surface area (Å²) in [5.41, 5.74) is 0.947. The van der Waals surface area contributed by atoms with Crippen molar-refractivity contribution in [2.24, 2.45) is 5.92 Å². The average Bonchev–Trinajstić information content (AvgIpc) is 2.05. The van der Waals surface area contributed by atoms with Crippen LogP contribution in [-0.2, 0) is 0 Å². The lowest BCUT2D eigenvalue weighted by Crippen LogP contribution is -2.04. The molecule has 59 valence electrons. The lowest BCUT2D eigenvalue weighted by molar-refractivity contribution is 0.127. The van der Waals surface area contributed by atoms with Gasteiger partial charge in [0, 0.05) is 0 Å². The Hall–Kier alpha value is -0.820. The van der Waals surface area contributed by atoms with Crippen LogP contribution in [0.4, 0.5) is 0 Å². The molecule has 0 aromatic heterocycles. The van der Waals surface area contributed by atoms with Crippen LogP contribution in [0, 0.1) is 12.0 Å². The van der Waals surface area contributed by atoms with Crippen LogP contribution in [-0.4, -0.2) is 5.11 Å². The Morgan fingerprint density at radius 3 is 2.64 bits per heavy atom. The molecule has 11 heavy (non-hydrogen) atoms. The van der Waals surface area contributed by atoms with Crippen molar-refractivity contribution in [1.29, 1.82) is 0 Å². The van der Waals surface area contributed by atoms with E-state index >= 15 is 0 Å². The van der Waals surface area contributed by atoms with Gasteiger partial charge in [-0.1, -0.05) is 32.0 Å². The van der Waals surface area contributed by atoms with Gasteiger partial charge >= 0.3 is 0 Å². The largest absolute Gasteiger partial charge is 0.388 e. The quantitative estimate of drug-likeness (QED) is 0.683. The van der Waals surface area contributed by atoms with Crippen molar-refractivity contribution in [3.63, 3.8) is 0 Å². The summed E-state index contributed by atoms with van der Waals surface area (Å²) in [6, 6.07) is 10.4. The highest BCUT2D eigenvalue weighted by Crippen LogP contribution is 2.19. The van der Waals surface area contributed by atoms with Gasteiger partial charge in [0.2, 0.25) is 0 Å². The molecule has 1 N–H and O–H groups in total. The maximum Gasteiger partial charge on any atom is 0.0813 e. The SMILES string of the molecule is CC(C)C(O)c1c[c]ccc1. The summed E-state index contributed by atoms with van der Waals surface area (Å²) in [6.45, 7) is 4.00. The van der Waals surface area contributed by atoms with Crippen molar-refractivity contribution in [1.82, 2.24) is 0 Å². The number of hydrogen-bond acceptors (Lipinski definition) is 1. The predicted octanol–water partition coefficient (Wildman–Crippen LogP) is 2.18. The van der Waals surface area contributed by atoms with Crippen LogP contribution in [0.1, 0.15) is 25.5 Å². The molecular weight excluding hydrogens is 136 g/mol. The molecule has 1 atom stereocenters. The minimum atomic E-state index is -0.354. The zero-order chi connectivity index (χ0) is 8.27. The molecule has 0 fully saturated rings. The monoisotopic (exact) mass is 149 g/mol. The Balaban J connectivity index is 2.77. The first kappa shape index (κ1) is 8.28. The van der Waals surface area contributed by atoms with Crippen molar-refractivity contribution < 1.29 is 5.11 Å².